The second-order valence-corrected chi connectivity index (χ2v) is 21.2. The van der Waals surface area contributed by atoms with Gasteiger partial charge in [0.2, 0.25) is 0 Å². The Morgan fingerprint density at radius 1 is 0.410 bits per heavy atom. The molecule has 0 amide bonds. The average Bonchev–Trinajstić information content (AvgIpc) is 3.43. The van der Waals surface area contributed by atoms with Crippen LogP contribution in [0.1, 0.15) is 219 Å². The van der Waals surface area contributed by atoms with Gasteiger partial charge in [0.15, 0.2) is 18.7 Å². The summed E-state index contributed by atoms with van der Waals surface area (Å²) in [5.74, 6) is -1.01. The fourth-order valence-electron chi connectivity index (χ4n) is 9.16. The molecule has 2 aliphatic heterocycles. The van der Waals surface area contributed by atoms with Gasteiger partial charge in [0.25, 0.3) is 0 Å². The van der Waals surface area contributed by atoms with E-state index in [-0.39, 0.29) is 19.4 Å². The quantitative estimate of drug-likeness (QED) is 0.0171. The Hall–Kier alpha value is -3.06. The minimum atomic E-state index is -1.78. The summed E-state index contributed by atoms with van der Waals surface area (Å²) in [4.78, 5) is 25.9. The van der Waals surface area contributed by atoms with Crippen LogP contribution in [0.3, 0.4) is 0 Å². The summed E-state index contributed by atoms with van der Waals surface area (Å²) in [6, 6.07) is 0. The van der Waals surface area contributed by atoms with Crippen molar-refractivity contribution in [2.45, 2.75) is 287 Å². The van der Waals surface area contributed by atoms with Crippen molar-refractivity contribution in [3.8, 4) is 0 Å². The highest BCUT2D eigenvalue weighted by Gasteiger charge is 2.47. The lowest BCUT2D eigenvalue weighted by atomic mass is 9.98. The van der Waals surface area contributed by atoms with E-state index in [2.05, 4.69) is 86.8 Å². The molecular formula is C63H108O15. The SMILES string of the molecule is CCCCC/C=C/C/C=C/C/C=C/C/C=C/CCCCCC(=O)OC[C@H](CO[C@H]1O[C@@H](CO[C@H]2O[C@@H](CO)[C@@H](O)C(O)C2O)[C@@H](O)C(O)C1O)OC(=O)CCC/C=C/CC/C=C/CCCCCCCCCCCCCCCC. The van der Waals surface area contributed by atoms with Gasteiger partial charge >= 0.3 is 11.9 Å². The molecule has 2 heterocycles. The second kappa shape index (κ2) is 48.6. The number of aliphatic hydroxyl groups is 7. The molecule has 2 rings (SSSR count). The zero-order chi connectivity index (χ0) is 56.7. The highest BCUT2D eigenvalue weighted by Crippen LogP contribution is 2.27. The molecule has 0 aliphatic carbocycles. The Bertz CT molecular complexity index is 1630. The van der Waals surface area contributed by atoms with E-state index in [9.17, 15) is 45.3 Å². The smallest absolute Gasteiger partial charge is 0.306 e. The minimum absolute atomic E-state index is 0.0954. The predicted molar refractivity (Wildman–Crippen MR) is 307 cm³/mol. The topological polar surface area (TPSA) is 231 Å². The van der Waals surface area contributed by atoms with Crippen molar-refractivity contribution in [1.29, 1.82) is 0 Å². The molecule has 78 heavy (non-hydrogen) atoms. The van der Waals surface area contributed by atoms with Crippen molar-refractivity contribution in [3.63, 3.8) is 0 Å². The number of unbranched alkanes of at least 4 members (excludes halogenated alkanes) is 22. The lowest BCUT2D eigenvalue weighted by Crippen LogP contribution is -2.61. The number of aliphatic hydroxyl groups excluding tert-OH is 7. The van der Waals surface area contributed by atoms with Crippen LogP contribution in [0.4, 0.5) is 0 Å². The van der Waals surface area contributed by atoms with Crippen molar-refractivity contribution in [2.24, 2.45) is 0 Å². The molecule has 0 bridgehead atoms. The molecule has 11 atom stereocenters. The van der Waals surface area contributed by atoms with Crippen LogP contribution in [0.15, 0.2) is 72.9 Å². The highest BCUT2D eigenvalue weighted by molar-refractivity contribution is 5.70. The first-order valence-electron chi connectivity index (χ1n) is 30.5. The Morgan fingerprint density at radius 3 is 1.32 bits per heavy atom. The maximum atomic E-state index is 13.1. The zero-order valence-electron chi connectivity index (χ0n) is 48.1. The van der Waals surface area contributed by atoms with Gasteiger partial charge in [-0.25, -0.2) is 0 Å². The van der Waals surface area contributed by atoms with Crippen LogP contribution in [0.25, 0.3) is 0 Å². The van der Waals surface area contributed by atoms with Crippen molar-refractivity contribution in [3.05, 3.63) is 72.9 Å². The van der Waals surface area contributed by atoms with Gasteiger partial charge in [-0.05, 0) is 89.9 Å². The second-order valence-electron chi connectivity index (χ2n) is 21.2. The van der Waals surface area contributed by atoms with E-state index in [1.54, 1.807) is 0 Å². The Balaban J connectivity index is 1.77. The van der Waals surface area contributed by atoms with Crippen LogP contribution in [-0.4, -0.2) is 142 Å². The van der Waals surface area contributed by atoms with E-state index >= 15 is 0 Å². The summed E-state index contributed by atoms with van der Waals surface area (Å²) < 4.78 is 33.6. The molecule has 0 radical (unpaired) electrons. The number of ether oxygens (including phenoxy) is 6. The zero-order valence-corrected chi connectivity index (χ0v) is 48.1. The van der Waals surface area contributed by atoms with Crippen molar-refractivity contribution in [1.82, 2.24) is 0 Å². The Labute approximate surface area is 470 Å². The van der Waals surface area contributed by atoms with E-state index in [0.29, 0.717) is 19.3 Å². The number of carbonyl (C=O) groups is 2. The number of allylic oxidation sites excluding steroid dienone is 12. The molecule has 2 saturated heterocycles. The fourth-order valence-corrected chi connectivity index (χ4v) is 9.16. The lowest BCUT2D eigenvalue weighted by molar-refractivity contribution is -0.332. The lowest BCUT2D eigenvalue weighted by Gasteiger charge is -2.42. The first-order valence-corrected chi connectivity index (χ1v) is 30.5. The standard InChI is InChI=1S/C63H108O15/c1-3-5-7-9-11-13-15-17-19-21-23-24-25-26-28-30-32-34-36-38-40-42-44-46-55(66)76-51(48-73-54(65)45-43-41-39-37-35-33-31-29-27-22-20-18-16-14-12-10-8-6-4-2)49-74-62-61(72)59(70)57(68)53(78-62)50-75-63-60(71)58(69)56(67)52(47-64)77-63/h12,14,18,20,27,29-30,32-33,35,38,40,51-53,56-64,67-72H,3-11,13,15-17,19,21-26,28,31,34,36-37,39,41-50H2,1-2H3/b14-12+,20-18+,29-27+,32-30+,35-33+,40-38+/t51-,52+,53+,56-,57-,58?,59?,60?,61?,62+,63+/m1/s1. The third-order valence-corrected chi connectivity index (χ3v) is 14.1. The molecular weight excluding hydrogens is 997 g/mol. The van der Waals surface area contributed by atoms with Crippen LogP contribution >= 0.6 is 0 Å². The largest absolute Gasteiger partial charge is 0.462 e. The van der Waals surface area contributed by atoms with Crippen LogP contribution in [0.2, 0.25) is 0 Å². The fraction of sp³-hybridized carbons (Fsp3) is 0.778. The maximum Gasteiger partial charge on any atom is 0.306 e. The van der Waals surface area contributed by atoms with Gasteiger partial charge in [-0.2, -0.15) is 0 Å². The molecule has 0 aromatic carbocycles. The van der Waals surface area contributed by atoms with E-state index in [1.165, 1.54) is 109 Å². The molecule has 7 N–H and O–H groups in total. The molecule has 0 spiro atoms. The molecule has 15 nitrogen and oxygen atoms in total. The number of rotatable bonds is 48. The van der Waals surface area contributed by atoms with Gasteiger partial charge in [-0.1, -0.05) is 189 Å². The summed E-state index contributed by atoms with van der Waals surface area (Å²) in [5, 5.41) is 72.3. The van der Waals surface area contributed by atoms with Crippen molar-refractivity contribution < 1.29 is 73.8 Å². The third kappa shape index (κ3) is 34.9. The molecule has 15 heteroatoms. The van der Waals surface area contributed by atoms with Crippen LogP contribution < -0.4 is 0 Å². The van der Waals surface area contributed by atoms with Crippen molar-refractivity contribution in [2.75, 3.05) is 26.4 Å². The first kappa shape index (κ1) is 71.0. The Kier molecular flexibility index (Phi) is 44.3. The number of carbonyl (C=O) groups excluding carboxylic acids is 2. The van der Waals surface area contributed by atoms with E-state index < -0.39 is 99.3 Å². The van der Waals surface area contributed by atoms with Gasteiger partial charge in [-0.3, -0.25) is 9.59 Å². The van der Waals surface area contributed by atoms with Crippen molar-refractivity contribution >= 4 is 11.9 Å². The van der Waals surface area contributed by atoms with E-state index in [1.807, 2.05) is 0 Å². The van der Waals surface area contributed by atoms with Crippen LogP contribution in [-0.2, 0) is 38.0 Å². The summed E-state index contributed by atoms with van der Waals surface area (Å²) >= 11 is 0. The van der Waals surface area contributed by atoms with E-state index in [4.69, 9.17) is 28.4 Å². The van der Waals surface area contributed by atoms with Gasteiger partial charge in [0.1, 0.15) is 55.4 Å². The van der Waals surface area contributed by atoms with Crippen LogP contribution in [0.5, 0.6) is 0 Å². The average molecular weight is 1110 g/mol. The summed E-state index contributed by atoms with van der Waals surface area (Å²) in [7, 11) is 0. The highest BCUT2D eigenvalue weighted by atomic mass is 16.7. The van der Waals surface area contributed by atoms with Crippen LogP contribution in [0, 0.1) is 0 Å². The number of esters is 2. The summed E-state index contributed by atoms with van der Waals surface area (Å²) in [6.07, 6.45) is 43.6. The van der Waals surface area contributed by atoms with Gasteiger partial charge in [0, 0.05) is 12.8 Å². The third-order valence-electron chi connectivity index (χ3n) is 14.1. The minimum Gasteiger partial charge on any atom is -0.462 e. The molecule has 0 saturated carbocycles. The predicted octanol–water partition coefficient (Wildman–Crippen LogP) is 10.9. The van der Waals surface area contributed by atoms with Gasteiger partial charge in [0.05, 0.1) is 19.8 Å². The summed E-state index contributed by atoms with van der Waals surface area (Å²) in [6.45, 7) is 2.51. The summed E-state index contributed by atoms with van der Waals surface area (Å²) in [5.41, 5.74) is 0. The molecule has 0 aromatic rings. The van der Waals surface area contributed by atoms with Gasteiger partial charge < -0.3 is 64.2 Å². The first-order chi connectivity index (χ1) is 38.0. The molecule has 4 unspecified atom stereocenters. The Morgan fingerprint density at radius 2 is 0.795 bits per heavy atom. The van der Waals surface area contributed by atoms with E-state index in [0.717, 1.165) is 64.2 Å². The molecule has 2 aliphatic rings. The maximum absolute atomic E-state index is 13.1. The normalized spacial score (nSPS) is 24.5. The molecule has 450 valence electrons. The monoisotopic (exact) mass is 1100 g/mol. The number of hydrogen-bond acceptors (Lipinski definition) is 15. The number of hydrogen-bond donors (Lipinski definition) is 7. The van der Waals surface area contributed by atoms with Gasteiger partial charge in [-0.15, -0.1) is 0 Å². The molecule has 2 fully saturated rings. The molecule has 0 aromatic heterocycles.